The first-order valence-electron chi connectivity index (χ1n) is 34.5. The Morgan fingerprint density at radius 2 is 1.58 bits per heavy atom. The number of aryl methyl sites for hydroxylation is 1. The maximum atomic E-state index is 15.7. The summed E-state index contributed by atoms with van der Waals surface area (Å²) in [4.78, 5) is 129. The molecule has 4 aromatic carbocycles. The minimum absolute atomic E-state index is 0.0253. The van der Waals surface area contributed by atoms with Gasteiger partial charge in [-0.2, -0.15) is 0 Å². The van der Waals surface area contributed by atoms with Crippen LogP contribution in [0.1, 0.15) is 121 Å². The number of hydrogen-bond donors (Lipinski definition) is 10. The molecule has 3 aromatic heterocycles. The molecule has 6 amide bonds. The molecule has 1 fully saturated rings. The molecular weight excluding hydrogens is 1370 g/mol. The van der Waals surface area contributed by atoms with Gasteiger partial charge in [0.25, 0.3) is 5.56 Å². The second kappa shape index (κ2) is 31.4. The molecule has 554 valence electrons. The number of carbonyl (C=O) groups is 8. The van der Waals surface area contributed by atoms with Crippen molar-refractivity contribution in [2.24, 2.45) is 0 Å². The summed E-state index contributed by atoms with van der Waals surface area (Å²) in [6.07, 6.45) is -11.6. The van der Waals surface area contributed by atoms with Gasteiger partial charge in [-0.3, -0.25) is 28.8 Å². The lowest BCUT2D eigenvalue weighted by atomic mass is 9.81. The molecule has 1 aliphatic carbocycles. The zero-order valence-electron chi connectivity index (χ0n) is 58.1. The Balaban J connectivity index is 0.724. The molecule has 0 saturated carbocycles. The summed E-state index contributed by atoms with van der Waals surface area (Å²) >= 11 is 0. The van der Waals surface area contributed by atoms with E-state index >= 15 is 4.39 Å². The first-order valence-corrected chi connectivity index (χ1v) is 34.5. The van der Waals surface area contributed by atoms with Gasteiger partial charge in [-0.1, -0.05) is 60.7 Å². The Labute approximate surface area is 599 Å². The number of carboxylic acid groups (broad SMARTS) is 1. The van der Waals surface area contributed by atoms with Crippen molar-refractivity contribution in [3.05, 3.63) is 145 Å². The van der Waals surface area contributed by atoms with E-state index in [1.807, 2.05) is 56.3 Å². The Kier molecular flexibility index (Phi) is 22.1. The molecule has 12 rings (SSSR count). The van der Waals surface area contributed by atoms with Crippen molar-refractivity contribution in [2.45, 2.75) is 160 Å². The van der Waals surface area contributed by atoms with E-state index in [-0.39, 0.29) is 130 Å². The third-order valence-corrected chi connectivity index (χ3v) is 19.5. The van der Waals surface area contributed by atoms with Gasteiger partial charge in [0.1, 0.15) is 54.8 Å². The Bertz CT molecular complexity index is 4660. The smallest absolute Gasteiger partial charge is 0.407 e. The minimum Gasteiger partial charge on any atom is -0.479 e. The number of esters is 1. The fraction of sp³-hybridized carbons (Fsp3) is 0.425. The Morgan fingerprint density at radius 3 is 2.34 bits per heavy atom. The maximum absolute atomic E-state index is 15.7. The summed E-state index contributed by atoms with van der Waals surface area (Å²) in [5, 5.41) is 76.5. The molecule has 7 aromatic rings. The monoisotopic (exact) mass is 1450 g/mol. The molecule has 0 bridgehead atoms. The van der Waals surface area contributed by atoms with Crippen LogP contribution in [0.2, 0.25) is 0 Å². The number of amides is 6. The number of carboxylic acids is 1. The number of carbonyl (C=O) groups excluding carboxylic acids is 7. The quantitative estimate of drug-likeness (QED) is 0.0274. The van der Waals surface area contributed by atoms with Crippen LogP contribution in [-0.4, -0.2) is 174 Å². The molecule has 31 nitrogen and oxygen atoms in total. The number of nitrogens with zero attached hydrogens (tertiary/aromatic N) is 6. The SMILES string of the molecule is CCC1(O)C(=O)OCc2c1cc1n(c2=O)Cc2c-1nc1cc(F)c(C)c3c1c2C(NC(=O)OCc1ccc(OC2OC(C(=O)O)C(O)C(O)C2O)c(CNC(=O)CCNC(=O)C(CNC(=O)CCOCCOC)NC(=O)CCC(=O)N2Cc4ccccc4-c4nnn(C(C)C)c4-c4ccccc42)c1)CC3. The Hall–Kier alpha value is -10.6. The van der Waals surface area contributed by atoms with E-state index in [0.717, 1.165) is 11.1 Å². The average molecular weight is 1450 g/mol. The van der Waals surface area contributed by atoms with Crippen molar-refractivity contribution >= 4 is 64.2 Å². The van der Waals surface area contributed by atoms with Gasteiger partial charge < -0.3 is 90.0 Å². The molecule has 0 radical (unpaired) electrons. The minimum atomic E-state index is -2.12. The number of pyridine rings is 2. The zero-order valence-corrected chi connectivity index (χ0v) is 58.1. The number of hydrogen-bond acceptors (Lipinski definition) is 22. The van der Waals surface area contributed by atoms with Crippen molar-refractivity contribution in [1.82, 2.24) is 51.1 Å². The highest BCUT2D eigenvalue weighted by atomic mass is 19.1. The molecule has 5 aliphatic rings. The van der Waals surface area contributed by atoms with E-state index in [2.05, 4.69) is 36.9 Å². The molecule has 1 saturated heterocycles. The second-order valence-electron chi connectivity index (χ2n) is 26.5. The van der Waals surface area contributed by atoms with Crippen LogP contribution in [-0.2, 0) is 102 Å². The number of cyclic esters (lactones) is 1. The fourth-order valence-electron chi connectivity index (χ4n) is 13.9. The highest BCUT2D eigenvalue weighted by Crippen LogP contribution is 2.47. The largest absolute Gasteiger partial charge is 0.479 e. The third kappa shape index (κ3) is 15.1. The lowest BCUT2D eigenvalue weighted by molar-refractivity contribution is -0.271. The van der Waals surface area contributed by atoms with Gasteiger partial charge in [0.05, 0.1) is 72.8 Å². The molecule has 8 unspecified atom stereocenters. The molecule has 8 atom stereocenters. The van der Waals surface area contributed by atoms with Gasteiger partial charge >= 0.3 is 18.0 Å². The predicted octanol–water partition coefficient (Wildman–Crippen LogP) is 3.32. The number of alkyl carbamates (subject to hydrolysis) is 1. The van der Waals surface area contributed by atoms with Crippen molar-refractivity contribution in [3.63, 3.8) is 0 Å². The van der Waals surface area contributed by atoms with Crippen LogP contribution in [0.15, 0.2) is 83.7 Å². The van der Waals surface area contributed by atoms with Crippen LogP contribution >= 0.6 is 0 Å². The number of aliphatic hydroxyl groups excluding tert-OH is 3. The van der Waals surface area contributed by atoms with Crippen LogP contribution in [0.4, 0.5) is 14.9 Å². The van der Waals surface area contributed by atoms with Crippen LogP contribution in [0.3, 0.4) is 0 Å². The number of aliphatic carboxylic acids is 1. The highest BCUT2D eigenvalue weighted by Gasteiger charge is 2.49. The summed E-state index contributed by atoms with van der Waals surface area (Å²) in [5.74, 6) is -6.33. The van der Waals surface area contributed by atoms with Gasteiger partial charge in [0, 0.05) is 97.7 Å². The topological polar surface area (TPSA) is 422 Å². The highest BCUT2D eigenvalue weighted by molar-refractivity contribution is 6.02. The van der Waals surface area contributed by atoms with E-state index in [0.29, 0.717) is 68.9 Å². The number of para-hydroxylation sites is 1. The van der Waals surface area contributed by atoms with Gasteiger partial charge in [0.15, 0.2) is 11.7 Å². The zero-order chi connectivity index (χ0) is 74.7. The first-order chi connectivity index (χ1) is 50.4. The summed E-state index contributed by atoms with van der Waals surface area (Å²) in [6.45, 7) is 5.91. The number of halogens is 1. The van der Waals surface area contributed by atoms with E-state index in [9.17, 15) is 68.7 Å². The molecule has 0 spiro atoms. The Morgan fingerprint density at radius 1 is 0.819 bits per heavy atom. The van der Waals surface area contributed by atoms with Crippen LogP contribution < -0.4 is 41.8 Å². The summed E-state index contributed by atoms with van der Waals surface area (Å²) < 4.78 is 51.7. The van der Waals surface area contributed by atoms with Gasteiger partial charge in [-0.05, 0) is 92.1 Å². The van der Waals surface area contributed by atoms with Gasteiger partial charge in [-0.25, -0.2) is 28.4 Å². The summed E-state index contributed by atoms with van der Waals surface area (Å²) in [5.41, 5.74) is 5.11. The van der Waals surface area contributed by atoms with Crippen molar-refractivity contribution in [1.29, 1.82) is 0 Å². The lowest BCUT2D eigenvalue weighted by Crippen LogP contribution is -2.61. The predicted molar refractivity (Wildman–Crippen MR) is 368 cm³/mol. The molecule has 7 heterocycles. The maximum Gasteiger partial charge on any atom is 0.407 e. The number of aliphatic hydroxyl groups is 4. The molecule has 4 aliphatic heterocycles. The lowest BCUT2D eigenvalue weighted by Gasteiger charge is -2.38. The number of aromatic nitrogens is 5. The van der Waals surface area contributed by atoms with Crippen molar-refractivity contribution in [3.8, 4) is 39.7 Å². The van der Waals surface area contributed by atoms with E-state index in [1.54, 1.807) is 29.5 Å². The van der Waals surface area contributed by atoms with E-state index in [1.165, 1.54) is 42.0 Å². The first kappa shape index (κ1) is 74.1. The fourth-order valence-corrected chi connectivity index (χ4v) is 13.9. The summed E-state index contributed by atoms with van der Waals surface area (Å²) in [6, 6.07) is 19.6. The van der Waals surface area contributed by atoms with Crippen molar-refractivity contribution in [2.75, 3.05) is 44.9 Å². The van der Waals surface area contributed by atoms with E-state index < -0.39 is 120 Å². The molecule has 105 heavy (non-hydrogen) atoms. The second-order valence-corrected chi connectivity index (χ2v) is 26.5. The molecule has 10 N–H and O–H groups in total. The summed E-state index contributed by atoms with van der Waals surface area (Å²) in [7, 11) is 1.50. The third-order valence-electron chi connectivity index (χ3n) is 19.5. The van der Waals surface area contributed by atoms with Crippen molar-refractivity contribution < 1.29 is 96.7 Å². The van der Waals surface area contributed by atoms with Crippen LogP contribution in [0.25, 0.3) is 44.8 Å². The van der Waals surface area contributed by atoms with Gasteiger partial charge in [0.2, 0.25) is 35.8 Å². The van der Waals surface area contributed by atoms with E-state index in [4.69, 9.17) is 33.4 Å². The number of rotatable bonds is 26. The number of ether oxygens (including phenoxy) is 6. The number of benzene rings is 4. The standard InChI is InChI=1S/C73H80FN11O20/c1-6-73(99)46-28-52-60-44(33-84(52)68(94)45(46)35-102-71(73)97)59-48(17-16-41-37(4)47(74)29-49(79-60)58(41)59)80-72(98)103-34-38-15-18-53(104-70-65(92)63(90)64(91)66(105-70)69(95)96)40(27-38)30-76-54(86)21-23-75-67(93)50(31-77-55(87)22-24-101-26-25-100-5)78-56(88)19-20-57(89)83-32-39-11-7-8-12-42(39)61-62(85(36(2)3)82-81-61)43-13-9-10-14-51(43)83/h7-15,18,27-29,36,48,50,63-66,70,90-92,99H,6,16-17,19-26,30-35H2,1-5H3,(H,75,93)(H,76,86)(H,77,87)(H,78,88)(H,80,98)(H,95,96). The number of methoxy groups -OCH3 is 1. The number of nitrogens with one attached hydrogen (secondary N) is 5. The normalized spacial score (nSPS) is 20.0. The van der Waals surface area contributed by atoms with Crippen LogP contribution in [0, 0.1) is 12.7 Å². The average Bonchev–Trinajstić information content (AvgIpc) is 1.59. The van der Waals surface area contributed by atoms with Crippen LogP contribution in [0.5, 0.6) is 5.75 Å². The number of fused-ring (bicyclic) bond motifs is 10. The molecular formula is C73H80FN11O20. The van der Waals surface area contributed by atoms with Gasteiger partial charge in [-0.15, -0.1) is 5.10 Å². The molecule has 32 heteroatoms. The number of anilines is 1.